The lowest BCUT2D eigenvalue weighted by atomic mass is 9.65. The Balaban J connectivity index is 1.20. The lowest BCUT2D eigenvalue weighted by Gasteiger charge is -2.44. The third-order valence-electron chi connectivity index (χ3n) is 14.5. The van der Waals surface area contributed by atoms with Crippen LogP contribution in [-0.4, -0.2) is 120 Å². The van der Waals surface area contributed by atoms with E-state index >= 15 is 4.79 Å². The van der Waals surface area contributed by atoms with E-state index in [1.165, 1.54) is 5.57 Å². The lowest BCUT2D eigenvalue weighted by Crippen LogP contribution is -2.59. The summed E-state index contributed by atoms with van der Waals surface area (Å²) in [5, 5.41) is 0. The zero-order valence-electron chi connectivity index (χ0n) is 36.3. The molecule has 11 nitrogen and oxygen atoms in total. The van der Waals surface area contributed by atoms with Gasteiger partial charge in [0, 0.05) is 39.2 Å². The molecule has 0 bridgehead atoms. The van der Waals surface area contributed by atoms with Gasteiger partial charge in [-0.05, 0) is 120 Å². The fourth-order valence-corrected chi connectivity index (χ4v) is 11.5. The fourth-order valence-electron chi connectivity index (χ4n) is 11.5. The smallest absolute Gasteiger partial charge is 0.306 e. The van der Waals surface area contributed by atoms with Gasteiger partial charge in [0.15, 0.2) is 18.4 Å². The summed E-state index contributed by atoms with van der Waals surface area (Å²) >= 11 is 0. The van der Waals surface area contributed by atoms with Crippen molar-refractivity contribution in [2.45, 2.75) is 153 Å². The molecule has 0 aromatic heterocycles. The predicted molar refractivity (Wildman–Crippen MR) is 220 cm³/mol. The number of Topliss-reactive ketones (excluding diaryl/α,β-unsaturated/α-hetero) is 1. The molecule has 11 heteroatoms. The summed E-state index contributed by atoms with van der Waals surface area (Å²) in [6.45, 7) is 8.20. The number of ether oxygens (including phenoxy) is 8. The van der Waals surface area contributed by atoms with E-state index in [2.05, 4.69) is 69.3 Å². The first-order valence-electron chi connectivity index (χ1n) is 22.0. The first kappa shape index (κ1) is 43.6. The third kappa shape index (κ3) is 8.94. The van der Waals surface area contributed by atoms with Crippen LogP contribution in [0.15, 0.2) is 48.1 Å². The van der Waals surface area contributed by atoms with Crippen molar-refractivity contribution in [3.05, 3.63) is 53.6 Å². The standard InChI is InChI=1S/C47H69NO10/c1-10-31-17-14-18-39(58-41-20-19-38(48(5)6)27(3)54-41)26(2)43(50)37-24-35-33-23-32(57-47-46(53-9)45(52-8)44(51-7)28(4)55-47)21-30(33)22-34(29-15-12-11-13-16-29)42(35)36(37)25-40(49)56-31/h11-13,15-16,22,24,26-28,30-33,35-36,38-39,41-42,44-47H,10,14,17-21,23,25H2,1-9H3/t26-,27?,28?,30?,31+,32-,33-,35+,36-,38+,39+,41+,42?,44+,45?,46?,47+/m1/s1. The van der Waals surface area contributed by atoms with Gasteiger partial charge < -0.3 is 42.8 Å². The molecular weight excluding hydrogens is 739 g/mol. The van der Waals surface area contributed by atoms with E-state index in [1.54, 1.807) is 21.3 Å². The molecule has 3 aliphatic heterocycles. The largest absolute Gasteiger partial charge is 0.462 e. The number of hydrogen-bond donors (Lipinski definition) is 0. The first-order chi connectivity index (χ1) is 28.0. The summed E-state index contributed by atoms with van der Waals surface area (Å²) in [7, 11) is 9.17. The number of rotatable bonds is 10. The van der Waals surface area contributed by atoms with E-state index in [0.717, 1.165) is 56.1 Å². The highest BCUT2D eigenvalue weighted by Crippen LogP contribution is 2.58. The van der Waals surface area contributed by atoms with E-state index in [1.807, 2.05) is 19.9 Å². The quantitative estimate of drug-likeness (QED) is 0.228. The molecule has 7 rings (SSSR count). The highest BCUT2D eigenvalue weighted by Gasteiger charge is 2.54. The summed E-state index contributed by atoms with van der Waals surface area (Å²) < 4.78 is 50.3. The zero-order valence-corrected chi connectivity index (χ0v) is 36.3. The molecule has 0 spiro atoms. The topological polar surface area (TPSA) is 111 Å². The molecule has 1 saturated carbocycles. The molecule has 0 amide bonds. The zero-order chi connectivity index (χ0) is 41.2. The number of nitrogens with zero attached hydrogens (tertiary/aromatic N) is 1. The van der Waals surface area contributed by atoms with E-state index in [-0.39, 0.29) is 96.8 Å². The minimum Gasteiger partial charge on any atom is -0.462 e. The number of carbonyl (C=O) groups is 2. The van der Waals surface area contributed by atoms with E-state index in [9.17, 15) is 4.79 Å². The van der Waals surface area contributed by atoms with Crippen molar-refractivity contribution in [2.75, 3.05) is 35.4 Å². The van der Waals surface area contributed by atoms with Gasteiger partial charge >= 0.3 is 5.97 Å². The molecule has 17 atom stereocenters. The molecule has 1 aromatic rings. The Morgan fingerprint density at radius 3 is 2.21 bits per heavy atom. The van der Waals surface area contributed by atoms with Crippen molar-refractivity contribution < 1.29 is 47.5 Å². The van der Waals surface area contributed by atoms with Gasteiger partial charge in [0.05, 0.1) is 30.8 Å². The molecule has 4 fully saturated rings. The summed E-state index contributed by atoms with van der Waals surface area (Å²) in [4.78, 5) is 31.3. The molecule has 3 saturated heterocycles. The van der Waals surface area contributed by atoms with E-state index in [4.69, 9.17) is 37.9 Å². The third-order valence-corrected chi connectivity index (χ3v) is 14.5. The van der Waals surface area contributed by atoms with Crippen LogP contribution in [0.5, 0.6) is 0 Å². The number of carbonyl (C=O) groups excluding carboxylic acids is 2. The van der Waals surface area contributed by atoms with Gasteiger partial charge in [0.2, 0.25) is 0 Å². The number of allylic oxidation sites excluding steroid dienone is 4. The Bertz CT molecular complexity index is 1620. The van der Waals surface area contributed by atoms with Gasteiger partial charge in [0.25, 0.3) is 0 Å². The number of likely N-dealkylation sites (N-methyl/N-ethyl adjacent to an activating group) is 1. The highest BCUT2D eigenvalue weighted by molar-refractivity contribution is 5.99. The van der Waals surface area contributed by atoms with Crippen molar-refractivity contribution >= 4 is 17.3 Å². The van der Waals surface area contributed by atoms with Crippen molar-refractivity contribution in [2.24, 2.45) is 35.5 Å². The number of methoxy groups -OCH3 is 3. The van der Waals surface area contributed by atoms with Crippen LogP contribution in [0.3, 0.4) is 0 Å². The minimum atomic E-state index is -0.627. The minimum absolute atomic E-state index is 0.0208. The number of esters is 1. The molecule has 3 heterocycles. The Morgan fingerprint density at radius 1 is 0.793 bits per heavy atom. The van der Waals surface area contributed by atoms with Gasteiger partial charge in [-0.2, -0.15) is 0 Å². The molecular formula is C47H69NO10. The number of ketones is 1. The van der Waals surface area contributed by atoms with Gasteiger partial charge in [-0.1, -0.05) is 56.3 Å². The van der Waals surface area contributed by atoms with Crippen LogP contribution in [0, 0.1) is 35.5 Å². The van der Waals surface area contributed by atoms with E-state index in [0.29, 0.717) is 12.5 Å². The van der Waals surface area contributed by atoms with Gasteiger partial charge in [-0.3, -0.25) is 9.59 Å². The molecule has 58 heavy (non-hydrogen) atoms. The number of hydrogen-bond acceptors (Lipinski definition) is 11. The van der Waals surface area contributed by atoms with Crippen LogP contribution >= 0.6 is 0 Å². The summed E-state index contributed by atoms with van der Waals surface area (Å²) in [5.41, 5.74) is 3.07. The van der Waals surface area contributed by atoms with Gasteiger partial charge in [-0.25, -0.2) is 0 Å². The van der Waals surface area contributed by atoms with Crippen LogP contribution in [0.25, 0.3) is 5.57 Å². The van der Waals surface area contributed by atoms with Gasteiger partial charge in [-0.15, -0.1) is 0 Å². The summed E-state index contributed by atoms with van der Waals surface area (Å²) in [5.74, 6) is -0.491. The van der Waals surface area contributed by atoms with Crippen LogP contribution in [0.1, 0.15) is 91.0 Å². The number of benzene rings is 1. The maximum absolute atomic E-state index is 15.1. The van der Waals surface area contributed by atoms with Crippen molar-refractivity contribution in [3.8, 4) is 0 Å². The Hall–Kier alpha value is -2.48. The molecule has 1 aromatic carbocycles. The Morgan fingerprint density at radius 2 is 1.53 bits per heavy atom. The average Bonchev–Trinajstić information content (AvgIpc) is 3.79. The van der Waals surface area contributed by atoms with Crippen LogP contribution in [0.2, 0.25) is 0 Å². The van der Waals surface area contributed by atoms with E-state index < -0.39 is 18.3 Å². The second kappa shape index (κ2) is 19.1. The van der Waals surface area contributed by atoms with Crippen LogP contribution in [0.4, 0.5) is 0 Å². The number of fused-ring (bicyclic) bond motifs is 5. The summed E-state index contributed by atoms with van der Waals surface area (Å²) in [6.07, 6.45) is 8.20. The fraction of sp³-hybridized carbons (Fsp3) is 0.745. The highest BCUT2D eigenvalue weighted by atomic mass is 16.7. The Kier molecular flexibility index (Phi) is 14.3. The van der Waals surface area contributed by atoms with Crippen molar-refractivity contribution in [1.82, 2.24) is 4.90 Å². The molecule has 322 valence electrons. The maximum Gasteiger partial charge on any atom is 0.306 e. The maximum atomic E-state index is 15.1. The monoisotopic (exact) mass is 807 g/mol. The summed E-state index contributed by atoms with van der Waals surface area (Å²) in [6, 6.07) is 10.8. The molecule has 6 aliphatic rings. The molecule has 3 aliphatic carbocycles. The second-order valence-electron chi connectivity index (χ2n) is 18.0. The average molecular weight is 808 g/mol. The lowest BCUT2D eigenvalue weighted by molar-refractivity contribution is -0.314. The van der Waals surface area contributed by atoms with Crippen molar-refractivity contribution in [3.63, 3.8) is 0 Å². The SMILES string of the molecule is CC[C@H]1CCC[C@H](O[C@H]2CC[C@H](N(C)C)C(C)O2)[C@@H](C)C(=O)C2=C[C@@H]3C(C(c4ccccc4)=CC4C[C@@H](O[C@@H]5OC(C)[C@H](OC)C(OC)C5OC)C[C@H]43)[C@@H]2CC(=O)O1. The van der Waals surface area contributed by atoms with Crippen molar-refractivity contribution in [1.29, 1.82) is 0 Å². The normalized spacial score (nSPS) is 42.3. The second-order valence-corrected chi connectivity index (χ2v) is 18.0. The molecule has 0 radical (unpaired) electrons. The Labute approximate surface area is 346 Å². The predicted octanol–water partition coefficient (Wildman–Crippen LogP) is 7.01. The van der Waals surface area contributed by atoms with Crippen LogP contribution in [-0.2, 0) is 47.5 Å². The van der Waals surface area contributed by atoms with Crippen LogP contribution < -0.4 is 0 Å². The molecule has 0 N–H and O–H groups in total. The molecule has 6 unspecified atom stereocenters. The first-order valence-corrected chi connectivity index (χ1v) is 22.0. The number of cyclic esters (lactones) is 1. The van der Waals surface area contributed by atoms with Gasteiger partial charge in [0.1, 0.15) is 24.4 Å².